The Balaban J connectivity index is 2.67. The van der Waals surface area contributed by atoms with Crippen LogP contribution in [0.2, 0.25) is 0 Å². The lowest BCUT2D eigenvalue weighted by atomic mass is 10.1. The molecule has 1 aliphatic heterocycles. The lowest BCUT2D eigenvalue weighted by molar-refractivity contribution is -0.132. The van der Waals surface area contributed by atoms with Gasteiger partial charge in [-0.2, -0.15) is 0 Å². The van der Waals surface area contributed by atoms with E-state index in [9.17, 15) is 9.00 Å². The largest absolute Gasteiger partial charge is 0.323 e. The average molecular weight is 302 g/mol. The molecule has 0 bridgehead atoms. The minimum Gasteiger partial charge on any atom is -0.323 e. The van der Waals surface area contributed by atoms with Gasteiger partial charge in [-0.1, -0.05) is 33.1 Å². The topological polar surface area (TPSA) is 49.4 Å². The van der Waals surface area contributed by atoms with Crippen molar-refractivity contribution >= 4 is 16.7 Å². The highest BCUT2D eigenvalue weighted by molar-refractivity contribution is 7.84. The van der Waals surface area contributed by atoms with Crippen LogP contribution in [0.4, 0.5) is 0 Å². The zero-order valence-electron chi connectivity index (χ0n) is 13.4. The van der Waals surface area contributed by atoms with Crippen LogP contribution in [0.3, 0.4) is 0 Å². The van der Waals surface area contributed by atoms with Crippen molar-refractivity contribution in [1.29, 1.82) is 0 Å². The molecule has 0 aromatic carbocycles. The van der Waals surface area contributed by atoms with E-state index < -0.39 is 10.8 Å². The van der Waals surface area contributed by atoms with Crippen LogP contribution in [0.15, 0.2) is 0 Å². The summed E-state index contributed by atoms with van der Waals surface area (Å²) in [7, 11) is -0.784. The highest BCUT2D eigenvalue weighted by Crippen LogP contribution is 2.22. The van der Waals surface area contributed by atoms with Crippen molar-refractivity contribution in [2.75, 3.05) is 12.0 Å². The molecule has 4 nitrogen and oxygen atoms in total. The second-order valence-corrected chi connectivity index (χ2v) is 7.38. The summed E-state index contributed by atoms with van der Waals surface area (Å²) < 4.78 is 11.2. The Labute approximate surface area is 126 Å². The molecule has 0 spiro atoms. The van der Waals surface area contributed by atoms with Gasteiger partial charge in [0.15, 0.2) is 0 Å². The van der Waals surface area contributed by atoms with E-state index in [1.807, 2.05) is 4.90 Å². The van der Waals surface area contributed by atoms with Gasteiger partial charge in [-0.25, -0.2) is 0 Å². The smallest absolute Gasteiger partial charge is 0.241 e. The number of unbranched alkanes of at least 4 members (excludes halogenated alkanes) is 1. The van der Waals surface area contributed by atoms with E-state index in [4.69, 9.17) is 0 Å². The summed E-state index contributed by atoms with van der Waals surface area (Å²) in [5.41, 5.74) is 0. The van der Waals surface area contributed by atoms with E-state index in [1.54, 1.807) is 6.26 Å². The van der Waals surface area contributed by atoms with Gasteiger partial charge in [0.25, 0.3) is 0 Å². The van der Waals surface area contributed by atoms with Gasteiger partial charge in [0, 0.05) is 28.9 Å². The second kappa shape index (κ2) is 8.78. The molecule has 5 heteroatoms. The van der Waals surface area contributed by atoms with Crippen molar-refractivity contribution in [3.05, 3.63) is 0 Å². The zero-order valence-corrected chi connectivity index (χ0v) is 14.2. The van der Waals surface area contributed by atoms with Crippen molar-refractivity contribution in [1.82, 2.24) is 10.2 Å². The molecule has 20 heavy (non-hydrogen) atoms. The first-order valence-electron chi connectivity index (χ1n) is 7.89. The minimum atomic E-state index is -0.784. The maximum Gasteiger partial charge on any atom is 0.241 e. The van der Waals surface area contributed by atoms with Gasteiger partial charge in [0.2, 0.25) is 5.91 Å². The number of carbonyl (C=O) groups excluding carboxylic acids is 1. The van der Waals surface area contributed by atoms with E-state index >= 15 is 0 Å². The predicted molar refractivity (Wildman–Crippen MR) is 85.0 cm³/mol. The molecular formula is C15H30N2O2S. The molecule has 1 rings (SSSR count). The van der Waals surface area contributed by atoms with Crippen LogP contribution >= 0.6 is 0 Å². The second-order valence-electron chi connectivity index (χ2n) is 5.83. The number of nitrogens with zero attached hydrogens (tertiary/aromatic N) is 1. The lowest BCUT2D eigenvalue weighted by Gasteiger charge is -2.30. The van der Waals surface area contributed by atoms with Crippen LogP contribution in [0.1, 0.15) is 59.3 Å². The zero-order chi connectivity index (χ0) is 15.1. The van der Waals surface area contributed by atoms with E-state index in [0.29, 0.717) is 5.75 Å². The molecule has 4 atom stereocenters. The number of amides is 1. The molecule has 118 valence electrons. The third kappa shape index (κ3) is 4.85. The summed E-state index contributed by atoms with van der Waals surface area (Å²) in [6, 6.07) is 0.156. The fraction of sp³-hybridized carbons (Fsp3) is 0.933. The third-order valence-electron chi connectivity index (χ3n) is 3.99. The molecule has 0 aliphatic carbocycles. The van der Waals surface area contributed by atoms with Crippen LogP contribution in [0, 0.1) is 0 Å². The van der Waals surface area contributed by atoms with Crippen LogP contribution in [0.25, 0.3) is 0 Å². The summed E-state index contributed by atoms with van der Waals surface area (Å²) in [5, 5.41) is 3.50. The summed E-state index contributed by atoms with van der Waals surface area (Å²) in [6.07, 6.45) is 7.90. The summed E-state index contributed by atoms with van der Waals surface area (Å²) in [6.45, 7) is 6.38. The van der Waals surface area contributed by atoms with Crippen LogP contribution < -0.4 is 5.32 Å². The van der Waals surface area contributed by atoms with Gasteiger partial charge in [0.1, 0.15) is 0 Å². The van der Waals surface area contributed by atoms with Gasteiger partial charge >= 0.3 is 0 Å². The van der Waals surface area contributed by atoms with Crippen molar-refractivity contribution in [2.45, 2.75) is 77.5 Å². The highest BCUT2D eigenvalue weighted by atomic mass is 32.2. The number of hydrogen-bond acceptors (Lipinski definition) is 3. The average Bonchev–Trinajstić information content (AvgIpc) is 2.70. The molecule has 1 saturated heterocycles. The van der Waals surface area contributed by atoms with Crippen molar-refractivity contribution < 1.29 is 9.00 Å². The van der Waals surface area contributed by atoms with Gasteiger partial charge in [-0.05, 0) is 26.2 Å². The molecule has 1 N–H and O–H groups in total. The molecule has 0 aromatic heterocycles. The molecule has 1 heterocycles. The van der Waals surface area contributed by atoms with E-state index in [1.165, 1.54) is 0 Å². The van der Waals surface area contributed by atoms with Crippen LogP contribution in [-0.4, -0.2) is 45.3 Å². The summed E-state index contributed by atoms with van der Waals surface area (Å²) >= 11 is 0. The van der Waals surface area contributed by atoms with Gasteiger partial charge in [0.05, 0.1) is 12.2 Å². The normalized spacial score (nSPS) is 26.0. The number of nitrogens with one attached hydrogen (secondary N) is 1. The Kier molecular flexibility index (Phi) is 7.74. The maximum atomic E-state index is 12.6. The Bertz CT molecular complexity index is 336. The van der Waals surface area contributed by atoms with E-state index in [-0.39, 0.29) is 24.2 Å². The van der Waals surface area contributed by atoms with Crippen LogP contribution in [0.5, 0.6) is 0 Å². The van der Waals surface area contributed by atoms with Crippen molar-refractivity contribution in [3.8, 4) is 0 Å². The van der Waals surface area contributed by atoms with Gasteiger partial charge in [-0.15, -0.1) is 0 Å². The Morgan fingerprint density at radius 2 is 2.00 bits per heavy atom. The summed E-state index contributed by atoms with van der Waals surface area (Å²) in [5.74, 6) is 0.912. The first kappa shape index (κ1) is 17.6. The van der Waals surface area contributed by atoms with Crippen molar-refractivity contribution in [3.63, 3.8) is 0 Å². The number of carbonyl (C=O) groups is 1. The molecule has 0 aromatic rings. The Morgan fingerprint density at radius 1 is 1.30 bits per heavy atom. The molecule has 1 amide bonds. The first-order chi connectivity index (χ1) is 9.51. The first-order valence-corrected chi connectivity index (χ1v) is 9.62. The highest BCUT2D eigenvalue weighted by Gasteiger charge is 2.39. The maximum absolute atomic E-state index is 12.6. The molecule has 1 fully saturated rings. The Morgan fingerprint density at radius 3 is 2.55 bits per heavy atom. The molecule has 0 radical (unpaired) electrons. The fourth-order valence-corrected chi connectivity index (χ4v) is 3.50. The SMILES string of the molecule is CCCCC1NC(CCC)N(C(C)CCS(C)=O)C1=O. The molecule has 4 unspecified atom stereocenters. The minimum absolute atomic E-state index is 0.0129. The van der Waals surface area contributed by atoms with Gasteiger partial charge < -0.3 is 4.90 Å². The quantitative estimate of drug-likeness (QED) is 0.711. The Hall–Kier alpha value is -0.420. The molecule has 1 aliphatic rings. The predicted octanol–water partition coefficient (Wildman–Crippen LogP) is 2.26. The molecular weight excluding hydrogens is 272 g/mol. The number of rotatable bonds is 9. The van der Waals surface area contributed by atoms with Crippen molar-refractivity contribution in [2.24, 2.45) is 0 Å². The van der Waals surface area contributed by atoms with Crippen LogP contribution in [-0.2, 0) is 15.6 Å². The number of hydrogen-bond donors (Lipinski definition) is 1. The standard InChI is InChI=1S/C15H30N2O2S/c1-5-7-9-13-15(18)17(14(16-13)8-6-2)12(3)10-11-20(4)19/h12-14,16H,5-11H2,1-4H3. The van der Waals surface area contributed by atoms with E-state index in [0.717, 1.165) is 38.5 Å². The summed E-state index contributed by atoms with van der Waals surface area (Å²) in [4.78, 5) is 14.6. The third-order valence-corrected chi connectivity index (χ3v) is 4.80. The molecule has 0 saturated carbocycles. The lowest BCUT2D eigenvalue weighted by Crippen LogP contribution is -2.43. The van der Waals surface area contributed by atoms with Gasteiger partial charge in [-0.3, -0.25) is 14.3 Å². The van der Waals surface area contributed by atoms with E-state index in [2.05, 4.69) is 26.1 Å². The fourth-order valence-electron chi connectivity index (χ4n) is 2.83. The monoisotopic (exact) mass is 302 g/mol.